The van der Waals surface area contributed by atoms with Crippen LogP contribution in [0.15, 0.2) is 12.1 Å². The van der Waals surface area contributed by atoms with E-state index in [0.29, 0.717) is 0 Å². The number of hydrogen-bond acceptors (Lipinski definition) is 3. The molecule has 1 amide bonds. The van der Waals surface area contributed by atoms with Crippen LogP contribution in [0.4, 0.5) is 18.9 Å². The summed E-state index contributed by atoms with van der Waals surface area (Å²) in [6.45, 7) is 0. The molecule has 0 unspecified atom stereocenters. The Hall–Kier alpha value is -1.63. The Bertz CT molecular complexity index is 434. The first kappa shape index (κ1) is 12.4. The van der Waals surface area contributed by atoms with Gasteiger partial charge in [0.1, 0.15) is 0 Å². The van der Waals surface area contributed by atoms with Gasteiger partial charge in [-0.1, -0.05) is 11.6 Å². The first-order valence-electron chi connectivity index (χ1n) is 3.85. The molecule has 0 radical (unpaired) electrons. The van der Waals surface area contributed by atoms with Gasteiger partial charge in [-0.2, -0.15) is 0 Å². The Morgan fingerprint density at radius 3 is 2.38 bits per heavy atom. The summed E-state index contributed by atoms with van der Waals surface area (Å²) in [5.41, 5.74) is 9.73. The molecule has 8 heteroatoms. The molecule has 0 bridgehead atoms. The summed E-state index contributed by atoms with van der Waals surface area (Å²) in [5, 5.41) is -0.529. The van der Waals surface area contributed by atoms with Crippen LogP contribution in [0.25, 0.3) is 0 Å². The first-order chi connectivity index (χ1) is 7.20. The van der Waals surface area contributed by atoms with Crippen LogP contribution in [0.2, 0.25) is 5.02 Å². The maximum Gasteiger partial charge on any atom is 0.573 e. The highest BCUT2D eigenvalue weighted by Crippen LogP contribution is 2.34. The third-order valence-electron chi connectivity index (χ3n) is 1.55. The summed E-state index contributed by atoms with van der Waals surface area (Å²) in [6, 6.07) is 1.91. The van der Waals surface area contributed by atoms with E-state index in [9.17, 15) is 18.0 Å². The van der Waals surface area contributed by atoms with Crippen LogP contribution < -0.4 is 16.2 Å². The molecular formula is C8H6ClF3N2O2. The average Bonchev–Trinajstić information content (AvgIpc) is 2.07. The number of nitrogens with two attached hydrogens (primary N) is 2. The maximum atomic E-state index is 11.9. The zero-order valence-corrected chi connectivity index (χ0v) is 8.39. The van der Waals surface area contributed by atoms with Crippen LogP contribution in [0.1, 0.15) is 10.4 Å². The van der Waals surface area contributed by atoms with Crippen LogP contribution in [0.5, 0.6) is 5.75 Å². The molecule has 4 nitrogen and oxygen atoms in total. The van der Waals surface area contributed by atoms with E-state index in [1.807, 2.05) is 0 Å². The number of halogens is 4. The fourth-order valence-electron chi connectivity index (χ4n) is 0.997. The van der Waals surface area contributed by atoms with E-state index < -0.39 is 23.0 Å². The molecule has 4 N–H and O–H groups in total. The lowest BCUT2D eigenvalue weighted by Crippen LogP contribution is -2.19. The minimum atomic E-state index is -4.92. The molecule has 0 heterocycles. The molecule has 1 aromatic rings. The summed E-state index contributed by atoms with van der Waals surface area (Å²) in [6.07, 6.45) is -4.92. The van der Waals surface area contributed by atoms with Gasteiger partial charge in [-0.25, -0.2) is 0 Å². The van der Waals surface area contributed by atoms with Gasteiger partial charge in [0, 0.05) is 11.8 Å². The predicted octanol–water partition coefficient (Wildman–Crippen LogP) is 1.92. The molecule has 0 saturated carbocycles. The molecule has 0 fully saturated rings. The number of hydrogen-bond donors (Lipinski definition) is 2. The first-order valence-corrected chi connectivity index (χ1v) is 4.23. The van der Waals surface area contributed by atoms with E-state index in [4.69, 9.17) is 23.1 Å². The van der Waals surface area contributed by atoms with Crippen molar-refractivity contribution < 1.29 is 22.7 Å². The van der Waals surface area contributed by atoms with Crippen molar-refractivity contribution in [3.63, 3.8) is 0 Å². The van der Waals surface area contributed by atoms with E-state index in [-0.39, 0.29) is 11.3 Å². The number of anilines is 1. The van der Waals surface area contributed by atoms with Gasteiger partial charge in [0.15, 0.2) is 5.75 Å². The van der Waals surface area contributed by atoms with Crippen LogP contribution >= 0.6 is 11.6 Å². The van der Waals surface area contributed by atoms with Gasteiger partial charge in [-0.3, -0.25) is 4.79 Å². The second-order valence-corrected chi connectivity index (χ2v) is 3.17. The lowest BCUT2D eigenvalue weighted by atomic mass is 10.2. The number of alkyl halides is 3. The Kier molecular flexibility index (Phi) is 3.18. The van der Waals surface area contributed by atoms with Crippen LogP contribution in [-0.2, 0) is 0 Å². The highest BCUT2D eigenvalue weighted by Gasteiger charge is 2.33. The van der Waals surface area contributed by atoms with Crippen molar-refractivity contribution in [1.82, 2.24) is 0 Å². The Morgan fingerprint density at radius 2 is 1.94 bits per heavy atom. The molecule has 1 rings (SSSR count). The maximum absolute atomic E-state index is 11.9. The summed E-state index contributed by atoms with van der Waals surface area (Å²) in [4.78, 5) is 10.8. The highest BCUT2D eigenvalue weighted by molar-refractivity contribution is 6.35. The summed E-state index contributed by atoms with van der Waals surface area (Å²) >= 11 is 5.50. The molecular weight excluding hydrogens is 249 g/mol. The van der Waals surface area contributed by atoms with Crippen molar-refractivity contribution >= 4 is 23.2 Å². The van der Waals surface area contributed by atoms with Gasteiger partial charge in [0.05, 0.1) is 10.6 Å². The lowest BCUT2D eigenvalue weighted by molar-refractivity contribution is -0.274. The average molecular weight is 255 g/mol. The SMILES string of the molecule is NC(=O)c1cc(N)cc(OC(F)(F)F)c1Cl. The largest absolute Gasteiger partial charge is 0.573 e. The number of benzene rings is 1. The molecule has 0 spiro atoms. The fourth-order valence-corrected chi connectivity index (χ4v) is 1.24. The van der Waals surface area contributed by atoms with Crippen molar-refractivity contribution in [1.29, 1.82) is 0 Å². The smallest absolute Gasteiger partial charge is 0.404 e. The predicted molar refractivity (Wildman–Crippen MR) is 51.1 cm³/mol. The Morgan fingerprint density at radius 1 is 1.38 bits per heavy atom. The Labute approximate surface area is 92.9 Å². The van der Waals surface area contributed by atoms with Crippen LogP contribution in [-0.4, -0.2) is 12.3 Å². The minimum Gasteiger partial charge on any atom is -0.404 e. The lowest BCUT2D eigenvalue weighted by Gasteiger charge is -2.12. The van der Waals surface area contributed by atoms with Crippen molar-refractivity contribution in [3.8, 4) is 5.75 Å². The second kappa shape index (κ2) is 4.09. The van der Waals surface area contributed by atoms with Crippen molar-refractivity contribution in [2.75, 3.05) is 5.73 Å². The highest BCUT2D eigenvalue weighted by atomic mass is 35.5. The van der Waals surface area contributed by atoms with Crippen LogP contribution in [0, 0.1) is 0 Å². The molecule has 88 valence electrons. The van der Waals surface area contributed by atoms with Gasteiger partial charge >= 0.3 is 6.36 Å². The minimum absolute atomic E-state index is 0.113. The van der Waals surface area contributed by atoms with Gasteiger partial charge in [0.25, 0.3) is 0 Å². The van der Waals surface area contributed by atoms with E-state index >= 15 is 0 Å². The fraction of sp³-hybridized carbons (Fsp3) is 0.125. The summed E-state index contributed by atoms with van der Waals surface area (Å²) < 4.78 is 39.4. The zero-order chi connectivity index (χ0) is 12.5. The molecule has 1 aromatic carbocycles. The third-order valence-corrected chi connectivity index (χ3v) is 1.94. The monoisotopic (exact) mass is 254 g/mol. The van der Waals surface area contributed by atoms with E-state index in [0.717, 1.165) is 12.1 Å². The number of carbonyl (C=O) groups is 1. The summed E-state index contributed by atoms with van der Waals surface area (Å²) in [5.74, 6) is -1.76. The molecule has 0 aliphatic heterocycles. The van der Waals surface area contributed by atoms with E-state index in [1.165, 1.54) is 0 Å². The van der Waals surface area contributed by atoms with Crippen molar-refractivity contribution in [3.05, 3.63) is 22.7 Å². The van der Waals surface area contributed by atoms with Gasteiger partial charge in [-0.15, -0.1) is 13.2 Å². The topological polar surface area (TPSA) is 78.3 Å². The van der Waals surface area contributed by atoms with E-state index in [2.05, 4.69) is 4.74 Å². The number of carbonyl (C=O) groups excluding carboxylic acids is 1. The number of primary amides is 1. The summed E-state index contributed by atoms with van der Waals surface area (Å²) in [7, 11) is 0. The molecule has 16 heavy (non-hydrogen) atoms. The van der Waals surface area contributed by atoms with Crippen molar-refractivity contribution in [2.45, 2.75) is 6.36 Å². The third kappa shape index (κ3) is 2.93. The number of nitrogen functional groups attached to an aromatic ring is 1. The standard InChI is InChI=1S/C8H6ClF3N2O2/c9-6-4(7(14)15)1-3(13)2-5(6)16-8(10,11)12/h1-2H,13H2,(H2,14,15). The quantitative estimate of drug-likeness (QED) is 0.792. The molecule has 0 aliphatic carbocycles. The number of amides is 1. The number of ether oxygens (including phenoxy) is 1. The molecule has 0 atom stereocenters. The van der Waals surface area contributed by atoms with Crippen LogP contribution in [0.3, 0.4) is 0 Å². The van der Waals surface area contributed by atoms with Gasteiger partial charge in [-0.05, 0) is 6.07 Å². The van der Waals surface area contributed by atoms with E-state index in [1.54, 1.807) is 0 Å². The molecule has 0 aromatic heterocycles. The van der Waals surface area contributed by atoms with Gasteiger partial charge in [0.2, 0.25) is 5.91 Å². The normalized spacial score (nSPS) is 11.2. The Balaban J connectivity index is 3.25. The zero-order valence-electron chi connectivity index (χ0n) is 7.64. The molecule has 0 saturated heterocycles. The van der Waals surface area contributed by atoms with Gasteiger partial charge < -0.3 is 16.2 Å². The molecule has 0 aliphatic rings. The second-order valence-electron chi connectivity index (χ2n) is 2.79. The number of rotatable bonds is 2. The van der Waals surface area contributed by atoms with Crippen molar-refractivity contribution in [2.24, 2.45) is 5.73 Å².